The zero-order valence-corrected chi connectivity index (χ0v) is 4.50. The molecule has 1 rings (SSSR count). The number of hydrogen-bond donors (Lipinski definition) is 1. The molecule has 1 fully saturated rings. The van der Waals surface area contributed by atoms with Crippen molar-refractivity contribution in [2.45, 2.75) is 6.42 Å². The normalized spacial score (nSPS) is 30.9. The van der Waals surface area contributed by atoms with Gasteiger partial charge in [0, 0.05) is 19.0 Å². The maximum Gasteiger partial charge on any atom is 0.203 e. The first kappa shape index (κ1) is 5.72. The zero-order valence-electron chi connectivity index (χ0n) is 4.50. The Labute approximate surface area is 47.9 Å². The highest BCUT2D eigenvalue weighted by atomic mass is 16.5. The number of carbonyl (C=O) groups excluding carboxylic acids is 1. The van der Waals surface area contributed by atoms with Crippen molar-refractivity contribution in [2.24, 2.45) is 5.92 Å². The molecule has 3 heteroatoms. The van der Waals surface area contributed by atoms with Crippen molar-refractivity contribution in [3.05, 3.63) is 0 Å². The van der Waals surface area contributed by atoms with Gasteiger partial charge in [-0.2, -0.15) is 5.06 Å². The van der Waals surface area contributed by atoms with Crippen LogP contribution in [-0.2, 0) is 4.79 Å². The summed E-state index contributed by atoms with van der Waals surface area (Å²) in [7, 11) is 0. The molecule has 1 aliphatic rings. The van der Waals surface area contributed by atoms with E-state index in [2.05, 4.69) is 0 Å². The second-order valence-electron chi connectivity index (χ2n) is 2.02. The van der Waals surface area contributed by atoms with Crippen LogP contribution in [0.4, 0.5) is 0 Å². The maximum atomic E-state index is 9.89. The molecule has 0 aliphatic carbocycles. The molecule has 0 bridgehead atoms. The lowest BCUT2D eigenvalue weighted by Crippen LogP contribution is -2.15. The minimum Gasteiger partial charge on any atom is -0.314 e. The van der Waals surface area contributed by atoms with Crippen molar-refractivity contribution in [1.29, 1.82) is 0 Å². The van der Waals surface area contributed by atoms with Gasteiger partial charge in [-0.25, -0.2) is 0 Å². The summed E-state index contributed by atoms with van der Waals surface area (Å²) in [6.07, 6.45) is 2.59. The molecule has 1 saturated heterocycles. The molecule has 1 atom stereocenters. The van der Waals surface area contributed by atoms with Crippen LogP contribution in [0.3, 0.4) is 0 Å². The Morgan fingerprint density at radius 1 is 1.75 bits per heavy atom. The lowest BCUT2D eigenvalue weighted by molar-refractivity contribution is -0.0695. The van der Waals surface area contributed by atoms with Gasteiger partial charge in [-0.05, 0) is 6.42 Å². The Balaban J connectivity index is 2.32. The molecule has 1 radical (unpaired) electrons. The summed E-state index contributed by atoms with van der Waals surface area (Å²) >= 11 is 0. The summed E-state index contributed by atoms with van der Waals surface area (Å²) in [5.41, 5.74) is 0. The first-order chi connectivity index (χ1) is 3.83. The molecule has 1 N–H and O–H groups in total. The molecule has 1 aliphatic heterocycles. The molecule has 3 nitrogen and oxygen atoms in total. The predicted molar refractivity (Wildman–Crippen MR) is 27.2 cm³/mol. The molecule has 1 unspecified atom stereocenters. The van der Waals surface area contributed by atoms with Gasteiger partial charge in [-0.15, -0.1) is 0 Å². The maximum absolute atomic E-state index is 9.89. The molecule has 0 spiro atoms. The molecule has 0 aromatic carbocycles. The summed E-state index contributed by atoms with van der Waals surface area (Å²) in [5.74, 6) is -0.0556. The highest BCUT2D eigenvalue weighted by Gasteiger charge is 2.20. The van der Waals surface area contributed by atoms with Crippen LogP contribution in [0, 0.1) is 5.92 Å². The Kier molecular flexibility index (Phi) is 1.60. The quantitative estimate of drug-likeness (QED) is 0.513. The van der Waals surface area contributed by atoms with E-state index in [0.29, 0.717) is 13.1 Å². The van der Waals surface area contributed by atoms with Crippen molar-refractivity contribution in [3.63, 3.8) is 0 Å². The molecular weight excluding hydrogens is 106 g/mol. The third-order valence-corrected chi connectivity index (χ3v) is 1.33. The Morgan fingerprint density at radius 3 is 2.75 bits per heavy atom. The SMILES string of the molecule is O=[C]C1CCN(O)C1. The van der Waals surface area contributed by atoms with Crippen LogP contribution >= 0.6 is 0 Å². The van der Waals surface area contributed by atoms with Crippen LogP contribution in [0.25, 0.3) is 0 Å². The van der Waals surface area contributed by atoms with Crippen LogP contribution in [0.2, 0.25) is 0 Å². The van der Waals surface area contributed by atoms with Crippen molar-refractivity contribution in [1.82, 2.24) is 5.06 Å². The predicted octanol–water partition coefficient (Wildman–Crippen LogP) is -0.193. The summed E-state index contributed by atoms with van der Waals surface area (Å²) < 4.78 is 0. The average Bonchev–Trinajstić information content (AvgIpc) is 2.14. The Hall–Kier alpha value is -0.410. The molecular formula is C5H8NO2. The Morgan fingerprint density at radius 2 is 2.50 bits per heavy atom. The van der Waals surface area contributed by atoms with E-state index in [1.54, 1.807) is 0 Å². The third-order valence-electron chi connectivity index (χ3n) is 1.33. The smallest absolute Gasteiger partial charge is 0.203 e. The molecule has 0 aromatic heterocycles. The number of rotatable bonds is 1. The van der Waals surface area contributed by atoms with Gasteiger partial charge < -0.3 is 5.21 Å². The van der Waals surface area contributed by atoms with E-state index in [9.17, 15) is 4.79 Å². The van der Waals surface area contributed by atoms with Gasteiger partial charge in [0.05, 0.1) is 0 Å². The highest BCUT2D eigenvalue weighted by molar-refractivity contribution is 5.55. The number of nitrogens with zero attached hydrogens (tertiary/aromatic N) is 1. The van der Waals surface area contributed by atoms with Crippen molar-refractivity contribution >= 4 is 6.29 Å². The second-order valence-corrected chi connectivity index (χ2v) is 2.02. The fourth-order valence-corrected chi connectivity index (χ4v) is 0.838. The minimum absolute atomic E-state index is 0.0556. The van der Waals surface area contributed by atoms with E-state index in [1.807, 2.05) is 6.29 Å². The monoisotopic (exact) mass is 114 g/mol. The van der Waals surface area contributed by atoms with Crippen molar-refractivity contribution in [3.8, 4) is 0 Å². The van der Waals surface area contributed by atoms with E-state index in [4.69, 9.17) is 5.21 Å². The second kappa shape index (κ2) is 2.24. The fourth-order valence-electron chi connectivity index (χ4n) is 0.838. The van der Waals surface area contributed by atoms with Crippen LogP contribution < -0.4 is 0 Å². The van der Waals surface area contributed by atoms with Crippen molar-refractivity contribution in [2.75, 3.05) is 13.1 Å². The molecule has 1 heterocycles. The molecule has 0 aromatic rings. The highest BCUT2D eigenvalue weighted by Crippen LogP contribution is 2.10. The van der Waals surface area contributed by atoms with Crippen LogP contribution in [0.5, 0.6) is 0 Å². The van der Waals surface area contributed by atoms with E-state index in [-0.39, 0.29) is 5.92 Å². The number of hydroxylamine groups is 2. The zero-order chi connectivity index (χ0) is 5.98. The summed E-state index contributed by atoms with van der Waals surface area (Å²) in [5, 5.41) is 9.83. The Bertz CT molecular complexity index is 94.4. The van der Waals surface area contributed by atoms with Crippen LogP contribution in [-0.4, -0.2) is 29.6 Å². The van der Waals surface area contributed by atoms with Gasteiger partial charge in [0.1, 0.15) is 0 Å². The van der Waals surface area contributed by atoms with E-state index < -0.39 is 0 Å². The van der Waals surface area contributed by atoms with Crippen LogP contribution in [0.1, 0.15) is 6.42 Å². The molecule has 0 saturated carbocycles. The van der Waals surface area contributed by atoms with Crippen molar-refractivity contribution < 1.29 is 10.0 Å². The minimum atomic E-state index is -0.0556. The average molecular weight is 114 g/mol. The molecule has 0 amide bonds. The summed E-state index contributed by atoms with van der Waals surface area (Å²) in [4.78, 5) is 9.89. The van der Waals surface area contributed by atoms with Gasteiger partial charge in [0.15, 0.2) is 0 Å². The van der Waals surface area contributed by atoms with E-state index in [0.717, 1.165) is 11.5 Å². The van der Waals surface area contributed by atoms with Crippen LogP contribution in [0.15, 0.2) is 0 Å². The van der Waals surface area contributed by atoms with Gasteiger partial charge in [-0.1, -0.05) is 0 Å². The standard InChI is InChI=1S/C5H8NO2/c7-4-5-1-2-6(8)3-5/h5,8H,1-3H2. The number of hydrogen-bond acceptors (Lipinski definition) is 3. The molecule has 45 valence electrons. The fraction of sp³-hybridized carbons (Fsp3) is 0.800. The lowest BCUT2D eigenvalue weighted by Gasteiger charge is -2.00. The van der Waals surface area contributed by atoms with Gasteiger partial charge in [-0.3, -0.25) is 4.79 Å². The van der Waals surface area contributed by atoms with Gasteiger partial charge in [0.25, 0.3) is 0 Å². The lowest BCUT2D eigenvalue weighted by atomic mass is 10.1. The molecule has 8 heavy (non-hydrogen) atoms. The van der Waals surface area contributed by atoms with E-state index >= 15 is 0 Å². The summed E-state index contributed by atoms with van der Waals surface area (Å²) in [6, 6.07) is 0. The first-order valence-corrected chi connectivity index (χ1v) is 2.64. The van der Waals surface area contributed by atoms with E-state index in [1.165, 1.54) is 0 Å². The van der Waals surface area contributed by atoms with Gasteiger partial charge >= 0.3 is 0 Å². The van der Waals surface area contributed by atoms with Gasteiger partial charge in [0.2, 0.25) is 6.29 Å². The third kappa shape index (κ3) is 1.05. The topological polar surface area (TPSA) is 40.5 Å². The summed E-state index contributed by atoms with van der Waals surface area (Å²) in [6.45, 7) is 1.07. The first-order valence-electron chi connectivity index (χ1n) is 2.64. The largest absolute Gasteiger partial charge is 0.314 e.